The Bertz CT molecular complexity index is 1140. The molecule has 0 aliphatic rings. The first kappa shape index (κ1) is 20.0. The number of nitrogens with one attached hydrogen (secondary N) is 3. The van der Waals surface area contributed by atoms with E-state index in [0.717, 1.165) is 6.07 Å². The summed E-state index contributed by atoms with van der Waals surface area (Å²) in [4.78, 5) is 27.6. The summed E-state index contributed by atoms with van der Waals surface area (Å²) in [5.74, 6) is -1.91. The molecule has 8 nitrogen and oxygen atoms in total. The van der Waals surface area contributed by atoms with Gasteiger partial charge in [-0.3, -0.25) is 30.1 Å². The zero-order chi connectivity index (χ0) is 20.9. The number of amides is 2. The Morgan fingerprint density at radius 1 is 0.828 bits per heavy atom. The monoisotopic (exact) mass is 414 g/mol. The van der Waals surface area contributed by atoms with Gasteiger partial charge in [0.05, 0.1) is 16.1 Å². The summed E-state index contributed by atoms with van der Waals surface area (Å²) >= 11 is 0. The quantitative estimate of drug-likeness (QED) is 0.553. The van der Waals surface area contributed by atoms with Gasteiger partial charge < -0.3 is 0 Å². The minimum Gasteiger partial charge on any atom is -0.277 e. The van der Waals surface area contributed by atoms with Crippen LogP contribution in [0.2, 0.25) is 0 Å². The third kappa shape index (κ3) is 4.93. The number of halogens is 1. The van der Waals surface area contributed by atoms with E-state index >= 15 is 0 Å². The number of pyridine rings is 1. The minimum atomic E-state index is -4.04. The van der Waals surface area contributed by atoms with Gasteiger partial charge in [0.15, 0.2) is 0 Å². The maximum atomic E-state index is 13.7. The van der Waals surface area contributed by atoms with Crippen LogP contribution >= 0.6 is 0 Å². The molecule has 0 bridgehead atoms. The van der Waals surface area contributed by atoms with Crippen LogP contribution in [0, 0.1) is 5.82 Å². The molecule has 148 valence electrons. The normalized spacial score (nSPS) is 10.8. The summed E-state index contributed by atoms with van der Waals surface area (Å²) < 4.78 is 40.5. The summed E-state index contributed by atoms with van der Waals surface area (Å²) in [5, 5.41) is 0. The number of benzene rings is 2. The number of anilines is 1. The average Bonchev–Trinajstić information content (AvgIpc) is 2.74. The molecular formula is C19H15FN4O4S. The lowest BCUT2D eigenvalue weighted by Gasteiger charge is -2.10. The van der Waals surface area contributed by atoms with Crippen molar-refractivity contribution in [2.45, 2.75) is 4.90 Å². The third-order valence-electron chi connectivity index (χ3n) is 3.76. The van der Waals surface area contributed by atoms with Crippen molar-refractivity contribution >= 4 is 27.5 Å². The predicted octanol–water partition coefficient (Wildman–Crippen LogP) is 2.10. The number of aromatic nitrogens is 1. The Morgan fingerprint density at radius 2 is 1.48 bits per heavy atom. The van der Waals surface area contributed by atoms with E-state index in [0.29, 0.717) is 0 Å². The largest absolute Gasteiger partial charge is 0.277 e. The highest BCUT2D eigenvalue weighted by Crippen LogP contribution is 2.19. The van der Waals surface area contributed by atoms with Gasteiger partial charge in [-0.2, -0.15) is 0 Å². The van der Waals surface area contributed by atoms with Gasteiger partial charge >= 0.3 is 0 Å². The molecule has 0 radical (unpaired) electrons. The van der Waals surface area contributed by atoms with E-state index < -0.39 is 27.7 Å². The van der Waals surface area contributed by atoms with E-state index in [2.05, 4.69) is 20.6 Å². The molecule has 0 aliphatic heterocycles. The van der Waals surface area contributed by atoms with Crippen molar-refractivity contribution in [3.8, 4) is 0 Å². The van der Waals surface area contributed by atoms with Gasteiger partial charge in [-0.05, 0) is 48.5 Å². The van der Waals surface area contributed by atoms with Gasteiger partial charge in [-0.1, -0.05) is 12.1 Å². The summed E-state index contributed by atoms with van der Waals surface area (Å²) in [7, 11) is -4.04. The van der Waals surface area contributed by atoms with Gasteiger partial charge in [0.2, 0.25) is 0 Å². The summed E-state index contributed by atoms with van der Waals surface area (Å²) in [6.45, 7) is 0. The summed E-state index contributed by atoms with van der Waals surface area (Å²) in [6, 6.07) is 13.4. The highest BCUT2D eigenvalue weighted by Gasteiger charge is 2.17. The average molecular weight is 414 g/mol. The second kappa shape index (κ2) is 8.48. The van der Waals surface area contributed by atoms with Crippen LogP contribution in [0.4, 0.5) is 10.1 Å². The van der Waals surface area contributed by atoms with E-state index in [1.807, 2.05) is 0 Å². The van der Waals surface area contributed by atoms with Crippen molar-refractivity contribution in [2.75, 3.05) is 4.72 Å². The zero-order valence-corrected chi connectivity index (χ0v) is 15.6. The fourth-order valence-corrected chi connectivity index (χ4v) is 3.36. The lowest BCUT2D eigenvalue weighted by atomic mass is 10.2. The van der Waals surface area contributed by atoms with Crippen LogP contribution in [0.3, 0.4) is 0 Å². The topological polar surface area (TPSA) is 117 Å². The van der Waals surface area contributed by atoms with Crippen molar-refractivity contribution in [3.63, 3.8) is 0 Å². The molecule has 2 amide bonds. The number of sulfonamides is 1. The Hall–Kier alpha value is -3.79. The summed E-state index contributed by atoms with van der Waals surface area (Å²) in [5.41, 5.74) is 4.63. The Labute approximate surface area is 165 Å². The van der Waals surface area contributed by atoms with Crippen LogP contribution in [0.15, 0.2) is 78.0 Å². The van der Waals surface area contributed by atoms with Crippen molar-refractivity contribution in [3.05, 3.63) is 90.0 Å². The Morgan fingerprint density at radius 3 is 2.10 bits per heavy atom. The number of rotatable bonds is 5. The second-order valence-electron chi connectivity index (χ2n) is 5.76. The lowest BCUT2D eigenvalue weighted by molar-refractivity contribution is 0.0846. The Balaban J connectivity index is 1.65. The first-order valence-corrected chi connectivity index (χ1v) is 9.73. The van der Waals surface area contributed by atoms with Crippen LogP contribution < -0.4 is 15.6 Å². The van der Waals surface area contributed by atoms with Crippen LogP contribution in [-0.2, 0) is 10.0 Å². The molecule has 1 aromatic heterocycles. The summed E-state index contributed by atoms with van der Waals surface area (Å²) in [6.07, 6.45) is 2.84. The van der Waals surface area contributed by atoms with Gasteiger partial charge in [0.25, 0.3) is 21.8 Å². The van der Waals surface area contributed by atoms with E-state index in [1.165, 1.54) is 60.9 Å². The number of hydrogen-bond donors (Lipinski definition) is 3. The number of nitrogens with zero attached hydrogens (tertiary/aromatic N) is 1. The van der Waals surface area contributed by atoms with Crippen molar-refractivity contribution in [1.82, 2.24) is 15.8 Å². The van der Waals surface area contributed by atoms with Crippen molar-refractivity contribution in [1.29, 1.82) is 0 Å². The van der Waals surface area contributed by atoms with Gasteiger partial charge in [0, 0.05) is 18.0 Å². The predicted molar refractivity (Wildman–Crippen MR) is 103 cm³/mol. The van der Waals surface area contributed by atoms with E-state index in [1.54, 1.807) is 6.07 Å². The van der Waals surface area contributed by atoms with Gasteiger partial charge in [0.1, 0.15) is 5.82 Å². The lowest BCUT2D eigenvalue weighted by Crippen LogP contribution is -2.41. The maximum absolute atomic E-state index is 13.7. The molecule has 0 unspecified atom stereocenters. The number of hydrogen-bond acceptors (Lipinski definition) is 5. The van der Waals surface area contributed by atoms with Crippen LogP contribution in [0.5, 0.6) is 0 Å². The van der Waals surface area contributed by atoms with Crippen LogP contribution in [0.1, 0.15) is 20.7 Å². The molecule has 0 saturated heterocycles. The van der Waals surface area contributed by atoms with Crippen molar-refractivity contribution in [2.24, 2.45) is 0 Å². The van der Waals surface area contributed by atoms with Crippen molar-refractivity contribution < 1.29 is 22.4 Å². The molecule has 0 aliphatic carbocycles. The van der Waals surface area contributed by atoms with Crippen LogP contribution in [-0.4, -0.2) is 25.2 Å². The van der Waals surface area contributed by atoms with E-state index in [-0.39, 0.29) is 21.7 Å². The number of carbonyl (C=O) groups excluding carboxylic acids is 2. The van der Waals surface area contributed by atoms with E-state index in [9.17, 15) is 22.4 Å². The molecule has 3 rings (SSSR count). The second-order valence-corrected chi connectivity index (χ2v) is 7.44. The molecule has 10 heteroatoms. The fraction of sp³-hybridized carbons (Fsp3) is 0. The number of hydrazine groups is 1. The highest BCUT2D eigenvalue weighted by atomic mass is 32.2. The number of para-hydroxylation sites is 1. The molecular weight excluding hydrogens is 399 g/mol. The van der Waals surface area contributed by atoms with Crippen LogP contribution in [0.25, 0.3) is 0 Å². The highest BCUT2D eigenvalue weighted by molar-refractivity contribution is 7.92. The molecule has 29 heavy (non-hydrogen) atoms. The third-order valence-corrected chi connectivity index (χ3v) is 5.14. The van der Waals surface area contributed by atoms with E-state index in [4.69, 9.17) is 0 Å². The zero-order valence-electron chi connectivity index (χ0n) is 14.8. The van der Waals surface area contributed by atoms with Gasteiger partial charge in [-0.15, -0.1) is 0 Å². The van der Waals surface area contributed by atoms with Gasteiger partial charge in [-0.25, -0.2) is 12.8 Å². The smallest absolute Gasteiger partial charge is 0.271 e. The molecule has 0 fully saturated rings. The Kier molecular flexibility index (Phi) is 5.84. The first-order valence-electron chi connectivity index (χ1n) is 8.25. The molecule has 0 atom stereocenters. The molecule has 0 saturated carbocycles. The molecule has 3 aromatic rings. The SMILES string of the molecule is O=C(NNC(=O)c1cccnc1)c1ccc(S(=O)(=O)Nc2ccccc2F)cc1. The number of carbonyl (C=O) groups is 2. The molecule has 0 spiro atoms. The standard InChI is InChI=1S/C19H15FN4O4S/c20-16-5-1-2-6-17(16)24-29(27,28)15-9-7-13(8-10-15)18(25)22-23-19(26)14-4-3-11-21-12-14/h1-12,24H,(H,22,25)(H,23,26). The first-order chi connectivity index (χ1) is 13.9. The fourth-order valence-electron chi connectivity index (χ4n) is 2.29. The molecule has 2 aromatic carbocycles. The molecule has 1 heterocycles. The maximum Gasteiger partial charge on any atom is 0.271 e. The molecule has 3 N–H and O–H groups in total. The minimum absolute atomic E-state index is 0.112.